The van der Waals surface area contributed by atoms with Crippen LogP contribution in [0.3, 0.4) is 0 Å². The summed E-state index contributed by atoms with van der Waals surface area (Å²) in [5.74, 6) is 1.76. The van der Waals surface area contributed by atoms with Crippen LogP contribution in [0.2, 0.25) is 5.02 Å². The molecule has 0 N–H and O–H groups in total. The number of hydrogen-bond acceptors (Lipinski definition) is 10. The van der Waals surface area contributed by atoms with E-state index in [0.717, 1.165) is 59.6 Å². The lowest BCUT2D eigenvalue weighted by Crippen LogP contribution is -2.34. The van der Waals surface area contributed by atoms with E-state index in [-0.39, 0.29) is 40.4 Å². The normalized spacial score (nSPS) is 15.7. The average molecular weight is 769 g/mol. The van der Waals surface area contributed by atoms with Crippen LogP contribution in [-0.2, 0) is 17.6 Å². The maximum Gasteiger partial charge on any atom is 0.197 e. The summed E-state index contributed by atoms with van der Waals surface area (Å²) in [6.07, 6.45) is 9.24. The third-order valence-electron chi connectivity index (χ3n) is 10.1. The first kappa shape index (κ1) is 39.5. The molecule has 2 aliphatic heterocycles. The Balaban J connectivity index is 0.000000187. The van der Waals surface area contributed by atoms with E-state index in [0.29, 0.717) is 47.1 Å². The molecule has 3 aromatic heterocycles. The first-order valence-electron chi connectivity index (χ1n) is 18.4. The molecular formula is C42H46ClFN6O5. The Labute approximate surface area is 325 Å². The molecule has 0 bridgehead atoms. The maximum absolute atomic E-state index is 14.1. The molecule has 0 unspecified atom stereocenters. The highest BCUT2D eigenvalue weighted by Crippen LogP contribution is 2.42. The Bertz CT molecular complexity index is 2250. The second kappa shape index (κ2) is 17.1. The topological polar surface area (TPSA) is 122 Å². The van der Waals surface area contributed by atoms with Crippen molar-refractivity contribution in [1.29, 1.82) is 0 Å². The molecule has 2 aromatic carbocycles. The van der Waals surface area contributed by atoms with Crippen LogP contribution in [0.5, 0.6) is 11.5 Å². The zero-order chi connectivity index (χ0) is 39.4. The van der Waals surface area contributed by atoms with E-state index in [4.69, 9.17) is 25.8 Å². The van der Waals surface area contributed by atoms with Gasteiger partial charge in [-0.25, -0.2) is 24.3 Å². The van der Waals surface area contributed by atoms with Crippen LogP contribution in [0.15, 0.2) is 66.0 Å². The van der Waals surface area contributed by atoms with Gasteiger partial charge in [-0.1, -0.05) is 25.4 Å². The molecule has 0 radical (unpaired) electrons. The van der Waals surface area contributed by atoms with E-state index in [1.165, 1.54) is 14.0 Å². The number of carbonyl (C=O) groups excluding carboxylic acids is 1. The first-order valence-corrected chi connectivity index (χ1v) is 18.7. The second-order valence-corrected chi connectivity index (χ2v) is 14.5. The predicted octanol–water partition coefficient (Wildman–Crippen LogP) is 8.05. The number of nitrogens with zero attached hydrogens (tertiary/aromatic N) is 6. The van der Waals surface area contributed by atoms with Crippen molar-refractivity contribution < 1.29 is 23.4 Å². The van der Waals surface area contributed by atoms with Gasteiger partial charge in [0.25, 0.3) is 0 Å². The first-order chi connectivity index (χ1) is 26.4. The fraction of sp³-hybridized carbons (Fsp3) is 0.381. The summed E-state index contributed by atoms with van der Waals surface area (Å²) in [7, 11) is 3.15. The van der Waals surface area contributed by atoms with Gasteiger partial charge >= 0.3 is 0 Å². The number of pyridine rings is 1. The molecule has 5 aromatic rings. The summed E-state index contributed by atoms with van der Waals surface area (Å²) in [6.45, 7) is 11.5. The van der Waals surface area contributed by atoms with Gasteiger partial charge < -0.3 is 23.7 Å². The number of aromatic nitrogens is 5. The lowest BCUT2D eigenvalue weighted by atomic mass is 9.87. The molecule has 0 amide bonds. The van der Waals surface area contributed by atoms with Gasteiger partial charge in [0.1, 0.15) is 5.75 Å². The third kappa shape index (κ3) is 8.40. The average Bonchev–Trinajstić information content (AvgIpc) is 3.17. The van der Waals surface area contributed by atoms with Gasteiger partial charge in [0.05, 0.1) is 41.7 Å². The molecule has 2 aliphatic rings. The van der Waals surface area contributed by atoms with Crippen molar-refractivity contribution in [1.82, 2.24) is 24.5 Å². The number of anilines is 1. The van der Waals surface area contributed by atoms with Crippen molar-refractivity contribution in [2.45, 2.75) is 66.0 Å². The lowest BCUT2D eigenvalue weighted by molar-refractivity contribution is 0.101. The molecule has 0 spiro atoms. The molecule has 5 heterocycles. The van der Waals surface area contributed by atoms with Gasteiger partial charge in [0.15, 0.2) is 34.4 Å². The molecule has 288 valence electrons. The van der Waals surface area contributed by atoms with E-state index >= 15 is 0 Å². The minimum Gasteiger partial charge on any atom is -0.494 e. The number of carbonyl (C=O) groups is 1. The fourth-order valence-corrected chi connectivity index (χ4v) is 7.37. The third-order valence-corrected chi connectivity index (χ3v) is 10.4. The van der Waals surface area contributed by atoms with Crippen LogP contribution in [0.4, 0.5) is 10.1 Å². The molecule has 0 saturated heterocycles. The Morgan fingerprint density at radius 3 is 2.49 bits per heavy atom. The van der Waals surface area contributed by atoms with Gasteiger partial charge in [-0.15, -0.1) is 0 Å². The Hall–Kier alpha value is -5.20. The van der Waals surface area contributed by atoms with Crippen molar-refractivity contribution >= 4 is 23.1 Å². The highest BCUT2D eigenvalue weighted by Gasteiger charge is 2.30. The van der Waals surface area contributed by atoms with Crippen molar-refractivity contribution in [3.63, 3.8) is 0 Å². The molecule has 55 heavy (non-hydrogen) atoms. The summed E-state index contributed by atoms with van der Waals surface area (Å²) in [5.41, 5.74) is 6.33. The van der Waals surface area contributed by atoms with Crippen LogP contribution in [0.25, 0.3) is 22.9 Å². The Kier molecular flexibility index (Phi) is 12.3. The number of methoxy groups -OCH3 is 2. The highest BCUT2D eigenvalue weighted by molar-refractivity contribution is 6.32. The van der Waals surface area contributed by atoms with Crippen LogP contribution in [-0.4, -0.2) is 64.3 Å². The number of hydrogen-bond donors (Lipinski definition) is 0. The number of benzene rings is 2. The maximum atomic E-state index is 14.1. The highest BCUT2D eigenvalue weighted by atomic mass is 35.5. The van der Waals surface area contributed by atoms with Crippen molar-refractivity contribution in [2.24, 2.45) is 5.92 Å². The number of rotatable bonds is 10. The summed E-state index contributed by atoms with van der Waals surface area (Å²) >= 11 is 6.46. The van der Waals surface area contributed by atoms with Crippen LogP contribution in [0.1, 0.15) is 78.9 Å². The van der Waals surface area contributed by atoms with Crippen molar-refractivity contribution in [2.75, 3.05) is 38.9 Å². The summed E-state index contributed by atoms with van der Waals surface area (Å²) < 4.78 is 32.2. The minimum atomic E-state index is -0.317. The van der Waals surface area contributed by atoms with E-state index in [9.17, 15) is 14.0 Å². The molecular weight excluding hydrogens is 723 g/mol. The van der Waals surface area contributed by atoms with Crippen molar-refractivity contribution in [3.05, 3.63) is 110 Å². The Morgan fingerprint density at radius 2 is 1.80 bits per heavy atom. The van der Waals surface area contributed by atoms with E-state index < -0.39 is 0 Å². The SMILES string of the molecule is COCCCOc1cc2c(cc1Cl)-c1cc(=O)c(C(C)=O)cn1[C@H](C(C)C)C2.COc1cc(N2CCc3nc(-c4ncccn4)ncc3[C@H]2C)cc(C)c1F. The largest absolute Gasteiger partial charge is 0.494 e. The van der Waals surface area contributed by atoms with E-state index in [2.05, 4.69) is 50.2 Å². The van der Waals surface area contributed by atoms with Gasteiger partial charge in [0.2, 0.25) is 0 Å². The molecule has 0 aliphatic carbocycles. The molecule has 11 nitrogen and oxygen atoms in total. The van der Waals surface area contributed by atoms with Crippen LogP contribution < -0.4 is 19.8 Å². The monoisotopic (exact) mass is 768 g/mol. The summed E-state index contributed by atoms with van der Waals surface area (Å²) in [6, 6.07) is 11.0. The molecule has 2 atom stereocenters. The van der Waals surface area contributed by atoms with Gasteiger partial charge in [0, 0.05) is 92.9 Å². The quantitative estimate of drug-likeness (QED) is 0.102. The number of Topliss-reactive ketones (excluding diaryl/α,β-unsaturated/α-hetero) is 1. The smallest absolute Gasteiger partial charge is 0.197 e. The molecule has 13 heteroatoms. The number of ketones is 1. The van der Waals surface area contributed by atoms with Gasteiger partial charge in [-0.3, -0.25) is 9.59 Å². The summed E-state index contributed by atoms with van der Waals surface area (Å²) in [4.78, 5) is 44.1. The Morgan fingerprint density at radius 1 is 1.04 bits per heavy atom. The summed E-state index contributed by atoms with van der Waals surface area (Å²) in [5, 5.41) is 0.508. The molecule has 7 rings (SSSR count). The van der Waals surface area contributed by atoms with Crippen molar-refractivity contribution in [3.8, 4) is 34.4 Å². The number of halogens is 2. The minimum absolute atomic E-state index is 0.0639. The van der Waals surface area contributed by atoms with Crippen LogP contribution >= 0.6 is 11.6 Å². The van der Waals surface area contributed by atoms with E-state index in [1.54, 1.807) is 50.8 Å². The fourth-order valence-electron chi connectivity index (χ4n) is 7.16. The van der Waals surface area contributed by atoms with E-state index in [1.807, 2.05) is 24.4 Å². The van der Waals surface area contributed by atoms with Gasteiger partial charge in [-0.05, 0) is 68.5 Å². The zero-order valence-corrected chi connectivity index (χ0v) is 33.0. The zero-order valence-electron chi connectivity index (χ0n) is 32.2. The standard InChI is InChI=1S/C22H26ClNO4.C20H20FN5O/c1-13(2)19-8-15-9-22(28-7-5-6-27-4)18(23)10-16(15)20-11-21(26)17(14(3)25)12-24(19)20;1-12-9-14(10-17(27-3)18(12)21)26-8-5-16-15(13(26)2)11-24-20(25-16)19-22-6-4-7-23-19/h9-13,19H,5-8H2,1-4H3;4,6-7,9-11,13H,5,8H2,1-3H3/t19-;13-/m01/s1. The molecule has 0 saturated carbocycles. The van der Waals surface area contributed by atoms with Gasteiger partial charge in [-0.2, -0.15) is 0 Å². The molecule has 0 fully saturated rings. The lowest BCUT2D eigenvalue weighted by Gasteiger charge is -2.36. The predicted molar refractivity (Wildman–Crippen MR) is 211 cm³/mol. The number of aryl methyl sites for hydroxylation is 1. The second-order valence-electron chi connectivity index (χ2n) is 14.1. The number of fused-ring (bicyclic) bond motifs is 4. The number of ether oxygens (including phenoxy) is 3. The van der Waals surface area contributed by atoms with Crippen LogP contribution in [0, 0.1) is 18.7 Å².